The van der Waals surface area contributed by atoms with Crippen molar-refractivity contribution in [3.63, 3.8) is 0 Å². The number of ether oxygens (including phenoxy) is 3. The van der Waals surface area contributed by atoms with Gasteiger partial charge >= 0.3 is 0 Å². The number of hydrogen-bond acceptors (Lipinski definition) is 8. The lowest BCUT2D eigenvalue weighted by atomic mass is 10.1. The van der Waals surface area contributed by atoms with Crippen LogP contribution in [-0.2, 0) is 4.74 Å². The number of rotatable bonds is 14. The van der Waals surface area contributed by atoms with Crippen molar-refractivity contribution in [3.8, 4) is 11.5 Å². The zero-order chi connectivity index (χ0) is 24.4. The smallest absolute Gasteiger partial charge is 0.286 e. The Bertz CT molecular complexity index is 792. The van der Waals surface area contributed by atoms with E-state index < -0.39 is 23.0 Å². The van der Waals surface area contributed by atoms with Crippen LogP contribution in [0, 0.1) is 10.1 Å². The van der Waals surface area contributed by atoms with E-state index in [4.69, 9.17) is 14.2 Å². The molecule has 1 N–H and O–H groups in total. The van der Waals surface area contributed by atoms with Crippen LogP contribution in [0.15, 0.2) is 12.1 Å². The predicted octanol–water partition coefficient (Wildman–Crippen LogP) is 4.24. The molecular formula is C22H33BrN2O7S. The highest BCUT2D eigenvalue weighted by Gasteiger charge is 2.42. The number of β-amino-alcohol motifs (C(OH)–C–C–N with tert-alkyl or cyclic N) is 1. The first-order valence-corrected chi connectivity index (χ1v) is 13.3. The number of nitro groups is 1. The Balaban J connectivity index is 2.34. The van der Waals surface area contributed by atoms with Crippen LogP contribution in [0.4, 0.5) is 5.69 Å². The largest absolute Gasteiger partial charge is 0.493 e. The number of likely N-dealkylation sites (tertiary alicyclic amines) is 1. The minimum absolute atomic E-state index is 0.0860. The van der Waals surface area contributed by atoms with Gasteiger partial charge < -0.3 is 24.2 Å². The Morgan fingerprint density at radius 2 is 2.09 bits per heavy atom. The van der Waals surface area contributed by atoms with Crippen LogP contribution in [0.25, 0.3) is 0 Å². The highest BCUT2D eigenvalue weighted by atomic mass is 79.9. The predicted molar refractivity (Wildman–Crippen MR) is 132 cm³/mol. The zero-order valence-electron chi connectivity index (χ0n) is 19.3. The van der Waals surface area contributed by atoms with Gasteiger partial charge in [-0.3, -0.25) is 14.9 Å². The molecule has 186 valence electrons. The van der Waals surface area contributed by atoms with Crippen LogP contribution in [0.1, 0.15) is 49.9 Å². The number of nitro benzene ring substituents is 1. The van der Waals surface area contributed by atoms with Gasteiger partial charge in [-0.15, -0.1) is 11.8 Å². The van der Waals surface area contributed by atoms with E-state index in [2.05, 4.69) is 15.9 Å². The van der Waals surface area contributed by atoms with Crippen molar-refractivity contribution in [2.24, 2.45) is 0 Å². The lowest BCUT2D eigenvalue weighted by Crippen LogP contribution is -2.43. The number of thioether (sulfide) groups is 1. The van der Waals surface area contributed by atoms with Crippen LogP contribution in [-0.4, -0.2) is 76.4 Å². The highest BCUT2D eigenvalue weighted by Crippen LogP contribution is 2.37. The van der Waals surface area contributed by atoms with E-state index in [0.29, 0.717) is 19.6 Å². The second-order valence-corrected chi connectivity index (χ2v) is 9.74. The first-order valence-electron chi connectivity index (χ1n) is 11.1. The third kappa shape index (κ3) is 7.46. The number of alkyl halides is 1. The van der Waals surface area contributed by atoms with Gasteiger partial charge in [-0.05, 0) is 38.4 Å². The molecule has 2 rings (SSSR count). The summed E-state index contributed by atoms with van der Waals surface area (Å²) in [6, 6.07) is 2.21. The summed E-state index contributed by atoms with van der Waals surface area (Å²) in [5.41, 5.74) is -0.781. The number of aliphatic hydroxyl groups is 1. The lowest BCUT2D eigenvalue weighted by molar-refractivity contribution is -0.385. The molecule has 0 aromatic heterocycles. The van der Waals surface area contributed by atoms with E-state index in [1.165, 1.54) is 24.1 Å². The fourth-order valence-corrected chi connectivity index (χ4v) is 5.22. The average Bonchev–Trinajstić information content (AvgIpc) is 3.19. The maximum atomic E-state index is 13.5. The zero-order valence-corrected chi connectivity index (χ0v) is 21.7. The quantitative estimate of drug-likeness (QED) is 0.121. The molecule has 0 aliphatic carbocycles. The van der Waals surface area contributed by atoms with Gasteiger partial charge in [0.05, 0.1) is 36.9 Å². The van der Waals surface area contributed by atoms with Crippen molar-refractivity contribution >= 4 is 39.3 Å². The molecular weight excluding hydrogens is 516 g/mol. The number of benzene rings is 1. The van der Waals surface area contributed by atoms with Crippen molar-refractivity contribution < 1.29 is 29.0 Å². The lowest BCUT2D eigenvalue weighted by Gasteiger charge is -2.30. The van der Waals surface area contributed by atoms with Crippen LogP contribution < -0.4 is 9.47 Å². The highest BCUT2D eigenvalue weighted by molar-refractivity contribution is 9.09. The summed E-state index contributed by atoms with van der Waals surface area (Å²) in [7, 11) is 1.43. The average molecular weight is 549 g/mol. The number of halogens is 1. The van der Waals surface area contributed by atoms with Crippen molar-refractivity contribution in [1.82, 2.24) is 4.90 Å². The molecule has 1 aliphatic heterocycles. The maximum Gasteiger partial charge on any atom is 0.286 e. The molecule has 1 aromatic rings. The standard InChI is InChI=1S/C22H33BrN2O7S/c1-4-31-22(33-5-2)18-11-15(26)14-24(18)21(27)16-12-19(30-3)20(13-17(16)25(28)29)32-10-8-6-7-9-23/h12-13,15,18,22,26H,4-11,14H2,1-3H3/t15-,18+,22?/m1/s1. The van der Waals surface area contributed by atoms with Gasteiger partial charge in [0, 0.05) is 24.5 Å². The molecule has 1 aliphatic rings. The fourth-order valence-electron chi connectivity index (χ4n) is 3.79. The number of hydrogen-bond donors (Lipinski definition) is 1. The summed E-state index contributed by atoms with van der Waals surface area (Å²) in [6.45, 7) is 4.79. The van der Waals surface area contributed by atoms with Crippen LogP contribution >= 0.6 is 27.7 Å². The van der Waals surface area contributed by atoms with Gasteiger partial charge in [0.2, 0.25) is 0 Å². The number of carbonyl (C=O) groups excluding carboxylic acids is 1. The summed E-state index contributed by atoms with van der Waals surface area (Å²) in [4.78, 5) is 26.2. The van der Waals surface area contributed by atoms with E-state index in [1.807, 2.05) is 13.8 Å². The summed E-state index contributed by atoms with van der Waals surface area (Å²) >= 11 is 4.92. The van der Waals surface area contributed by atoms with Crippen LogP contribution in [0.5, 0.6) is 11.5 Å². The number of methoxy groups -OCH3 is 1. The SMILES string of the molecule is CCOC(SCC)[C@@H]1C[C@@H](O)CN1C(=O)c1cc(OC)c(OCCCCCBr)cc1[N+](=O)[O-]. The normalized spacial score (nSPS) is 18.9. The monoisotopic (exact) mass is 548 g/mol. The summed E-state index contributed by atoms with van der Waals surface area (Å²) in [5.74, 6) is 0.720. The Morgan fingerprint density at radius 3 is 2.70 bits per heavy atom. The van der Waals surface area contributed by atoms with Gasteiger partial charge in [-0.1, -0.05) is 22.9 Å². The maximum absolute atomic E-state index is 13.5. The molecule has 0 bridgehead atoms. The van der Waals surface area contributed by atoms with E-state index >= 15 is 0 Å². The molecule has 0 radical (unpaired) electrons. The molecule has 0 saturated carbocycles. The minimum atomic E-state index is -0.720. The number of nitrogens with zero attached hydrogens (tertiary/aromatic N) is 2. The van der Waals surface area contributed by atoms with E-state index in [9.17, 15) is 20.0 Å². The van der Waals surface area contributed by atoms with Gasteiger partial charge in [-0.25, -0.2) is 0 Å². The van der Waals surface area contributed by atoms with Crippen LogP contribution in [0.3, 0.4) is 0 Å². The van der Waals surface area contributed by atoms with Crippen molar-refractivity contribution in [2.45, 2.75) is 57.1 Å². The van der Waals surface area contributed by atoms with E-state index in [-0.39, 0.29) is 34.7 Å². The van der Waals surface area contributed by atoms with Crippen molar-refractivity contribution in [1.29, 1.82) is 0 Å². The third-order valence-electron chi connectivity index (χ3n) is 5.30. The molecule has 1 saturated heterocycles. The van der Waals surface area contributed by atoms with Crippen molar-refractivity contribution in [3.05, 3.63) is 27.8 Å². The topological polar surface area (TPSA) is 111 Å². The minimum Gasteiger partial charge on any atom is -0.493 e. The first kappa shape index (κ1) is 27.7. The van der Waals surface area contributed by atoms with E-state index in [1.54, 1.807) is 11.8 Å². The Morgan fingerprint density at radius 1 is 1.33 bits per heavy atom. The second kappa shape index (κ2) is 14.0. The summed E-state index contributed by atoms with van der Waals surface area (Å²) in [5, 5.41) is 23.0. The van der Waals surface area contributed by atoms with Crippen molar-refractivity contribution in [2.75, 3.05) is 38.0 Å². The van der Waals surface area contributed by atoms with Gasteiger partial charge in [0.15, 0.2) is 11.5 Å². The van der Waals surface area contributed by atoms with E-state index in [0.717, 1.165) is 30.3 Å². The Labute approximate surface area is 207 Å². The third-order valence-corrected chi connectivity index (χ3v) is 6.98. The molecule has 11 heteroatoms. The molecule has 3 atom stereocenters. The van der Waals surface area contributed by atoms with Gasteiger partial charge in [0.25, 0.3) is 11.6 Å². The molecule has 1 aromatic carbocycles. The van der Waals surface area contributed by atoms with Gasteiger partial charge in [0.1, 0.15) is 11.0 Å². The van der Waals surface area contributed by atoms with Gasteiger partial charge in [-0.2, -0.15) is 0 Å². The Kier molecular flexibility index (Phi) is 11.7. The molecule has 1 heterocycles. The fraction of sp³-hybridized carbons (Fsp3) is 0.682. The number of aliphatic hydroxyl groups excluding tert-OH is 1. The second-order valence-electron chi connectivity index (χ2n) is 7.57. The number of carbonyl (C=O) groups is 1. The summed E-state index contributed by atoms with van der Waals surface area (Å²) < 4.78 is 16.9. The molecule has 33 heavy (non-hydrogen) atoms. The molecule has 9 nitrogen and oxygen atoms in total. The molecule has 1 fully saturated rings. The first-order chi connectivity index (χ1) is 15.9. The number of unbranched alkanes of at least 4 members (excludes halogenated alkanes) is 2. The number of amides is 1. The summed E-state index contributed by atoms with van der Waals surface area (Å²) in [6.07, 6.45) is 2.40. The molecule has 0 spiro atoms. The molecule has 1 amide bonds. The molecule has 1 unspecified atom stereocenters. The Hall–Kier alpha value is -1.56. The van der Waals surface area contributed by atoms with Crippen LogP contribution in [0.2, 0.25) is 0 Å².